The number of nitrogens with one attached hydrogen (secondary N) is 3. The summed E-state index contributed by atoms with van der Waals surface area (Å²) in [5.41, 5.74) is 0.805. The van der Waals surface area contributed by atoms with Gasteiger partial charge in [0.2, 0.25) is 0 Å². The monoisotopic (exact) mass is 336 g/mol. The van der Waals surface area contributed by atoms with Crippen LogP contribution in [0.15, 0.2) is 45.7 Å². The van der Waals surface area contributed by atoms with Crippen molar-refractivity contribution in [2.75, 3.05) is 11.9 Å². The molecule has 7 heteroatoms. The van der Waals surface area contributed by atoms with Crippen LogP contribution >= 0.6 is 15.9 Å². The van der Waals surface area contributed by atoms with Crippen LogP contribution in [0.5, 0.6) is 0 Å². The van der Waals surface area contributed by atoms with Gasteiger partial charge in [-0.05, 0) is 24.1 Å². The van der Waals surface area contributed by atoms with Gasteiger partial charge in [0.15, 0.2) is 5.82 Å². The Bertz CT molecular complexity index is 636. The van der Waals surface area contributed by atoms with Crippen LogP contribution in [-0.2, 0) is 6.42 Å². The molecule has 2 amide bonds. The van der Waals surface area contributed by atoms with E-state index in [1.807, 2.05) is 24.3 Å². The van der Waals surface area contributed by atoms with Gasteiger partial charge in [-0.15, -0.1) is 0 Å². The number of carbonyl (C=O) groups is 1. The van der Waals surface area contributed by atoms with Crippen LogP contribution in [0.3, 0.4) is 0 Å². The van der Waals surface area contributed by atoms with E-state index >= 15 is 0 Å². The summed E-state index contributed by atoms with van der Waals surface area (Å²) in [6.45, 7) is 0.498. The second-order valence-corrected chi connectivity index (χ2v) is 4.88. The van der Waals surface area contributed by atoms with Crippen molar-refractivity contribution in [1.82, 2.24) is 15.5 Å². The zero-order valence-electron chi connectivity index (χ0n) is 10.5. The van der Waals surface area contributed by atoms with Gasteiger partial charge in [0.25, 0.3) is 5.56 Å². The van der Waals surface area contributed by atoms with Gasteiger partial charge in [-0.25, -0.2) is 9.89 Å². The molecule has 0 radical (unpaired) electrons. The Morgan fingerprint density at radius 1 is 1.25 bits per heavy atom. The van der Waals surface area contributed by atoms with Crippen LogP contribution < -0.4 is 16.2 Å². The summed E-state index contributed by atoms with van der Waals surface area (Å²) in [5.74, 6) is 0.294. The maximum absolute atomic E-state index is 11.6. The number of carbonyl (C=O) groups excluding carboxylic acids is 1. The molecule has 0 fully saturated rings. The van der Waals surface area contributed by atoms with Crippen molar-refractivity contribution in [3.63, 3.8) is 0 Å². The van der Waals surface area contributed by atoms with Crippen LogP contribution in [0.25, 0.3) is 0 Å². The SMILES string of the molecule is O=C(NCCc1ccccc1Br)Nc1ccc(=O)[nH]n1. The number of benzene rings is 1. The zero-order chi connectivity index (χ0) is 14.4. The van der Waals surface area contributed by atoms with Crippen molar-refractivity contribution in [3.8, 4) is 0 Å². The van der Waals surface area contributed by atoms with Gasteiger partial charge >= 0.3 is 6.03 Å². The molecule has 2 aromatic rings. The molecule has 1 heterocycles. The predicted octanol–water partition coefficient (Wildman–Crippen LogP) is 1.90. The second kappa shape index (κ2) is 6.85. The first kappa shape index (κ1) is 14.3. The number of anilines is 1. The average Bonchev–Trinajstić information content (AvgIpc) is 2.43. The Hall–Kier alpha value is -2.15. The number of hydrogen-bond acceptors (Lipinski definition) is 3. The third kappa shape index (κ3) is 4.20. The molecular weight excluding hydrogens is 324 g/mol. The molecule has 0 spiro atoms. The van der Waals surface area contributed by atoms with Crippen molar-refractivity contribution in [2.45, 2.75) is 6.42 Å². The van der Waals surface area contributed by atoms with Crippen LogP contribution in [-0.4, -0.2) is 22.8 Å². The first-order chi connectivity index (χ1) is 9.65. The third-order valence-electron chi connectivity index (χ3n) is 2.56. The first-order valence-electron chi connectivity index (χ1n) is 5.99. The van der Waals surface area contributed by atoms with E-state index in [1.54, 1.807) is 0 Å². The summed E-state index contributed by atoms with van der Waals surface area (Å²) in [6.07, 6.45) is 0.716. The number of halogens is 1. The number of aromatic nitrogens is 2. The third-order valence-corrected chi connectivity index (χ3v) is 3.33. The molecule has 0 unspecified atom stereocenters. The summed E-state index contributed by atoms with van der Waals surface area (Å²) in [6, 6.07) is 10.2. The number of urea groups is 1. The average molecular weight is 337 g/mol. The zero-order valence-corrected chi connectivity index (χ0v) is 12.1. The maximum Gasteiger partial charge on any atom is 0.320 e. The molecule has 0 bridgehead atoms. The summed E-state index contributed by atoms with van der Waals surface area (Å²) >= 11 is 3.45. The van der Waals surface area contributed by atoms with Gasteiger partial charge in [0.1, 0.15) is 0 Å². The fraction of sp³-hybridized carbons (Fsp3) is 0.154. The minimum atomic E-state index is -0.364. The lowest BCUT2D eigenvalue weighted by molar-refractivity contribution is 0.252. The number of amides is 2. The van der Waals surface area contributed by atoms with E-state index in [1.165, 1.54) is 12.1 Å². The van der Waals surface area contributed by atoms with Crippen LogP contribution in [0.2, 0.25) is 0 Å². The fourth-order valence-corrected chi connectivity index (χ4v) is 2.07. The van der Waals surface area contributed by atoms with Crippen molar-refractivity contribution in [1.29, 1.82) is 0 Å². The topological polar surface area (TPSA) is 86.9 Å². The Balaban J connectivity index is 1.79. The Morgan fingerprint density at radius 2 is 2.05 bits per heavy atom. The number of nitrogens with zero attached hydrogens (tertiary/aromatic N) is 1. The lowest BCUT2D eigenvalue weighted by Crippen LogP contribution is -2.31. The maximum atomic E-state index is 11.6. The van der Waals surface area contributed by atoms with E-state index < -0.39 is 0 Å². The van der Waals surface area contributed by atoms with E-state index in [9.17, 15) is 9.59 Å². The predicted molar refractivity (Wildman–Crippen MR) is 79.7 cm³/mol. The standard InChI is InChI=1S/C13H13BrN4O2/c14-10-4-2-1-3-9(10)7-8-15-13(20)16-11-5-6-12(19)18-17-11/h1-6H,7-8H2,(H,18,19)(H2,15,16,17,20). The molecule has 20 heavy (non-hydrogen) atoms. The normalized spacial score (nSPS) is 10.1. The van der Waals surface area contributed by atoms with Gasteiger partial charge in [-0.1, -0.05) is 34.1 Å². The second-order valence-electron chi connectivity index (χ2n) is 4.03. The smallest absolute Gasteiger partial charge is 0.320 e. The number of H-pyrrole nitrogens is 1. The molecule has 0 saturated heterocycles. The molecular formula is C13H13BrN4O2. The van der Waals surface area contributed by atoms with Gasteiger partial charge in [-0.3, -0.25) is 10.1 Å². The van der Waals surface area contributed by atoms with E-state index in [4.69, 9.17) is 0 Å². The number of hydrogen-bond donors (Lipinski definition) is 3. The first-order valence-corrected chi connectivity index (χ1v) is 6.78. The highest BCUT2D eigenvalue weighted by atomic mass is 79.9. The minimum Gasteiger partial charge on any atom is -0.337 e. The molecule has 6 nitrogen and oxygen atoms in total. The Labute approximate surface area is 123 Å². The van der Waals surface area contributed by atoms with E-state index in [0.29, 0.717) is 18.8 Å². The highest BCUT2D eigenvalue weighted by molar-refractivity contribution is 9.10. The largest absolute Gasteiger partial charge is 0.337 e. The van der Waals surface area contributed by atoms with Crippen molar-refractivity contribution < 1.29 is 4.79 Å². The summed E-state index contributed by atoms with van der Waals surface area (Å²) in [7, 11) is 0. The molecule has 3 N–H and O–H groups in total. The lowest BCUT2D eigenvalue weighted by Gasteiger charge is -2.07. The van der Waals surface area contributed by atoms with E-state index in [-0.39, 0.29) is 11.6 Å². The van der Waals surface area contributed by atoms with E-state index in [0.717, 1.165) is 10.0 Å². The lowest BCUT2D eigenvalue weighted by atomic mass is 10.1. The van der Waals surface area contributed by atoms with Crippen LogP contribution in [0, 0.1) is 0 Å². The minimum absolute atomic E-state index is 0.294. The fourth-order valence-electron chi connectivity index (χ4n) is 1.59. The Morgan fingerprint density at radius 3 is 2.75 bits per heavy atom. The quantitative estimate of drug-likeness (QED) is 0.796. The molecule has 1 aromatic heterocycles. The number of rotatable bonds is 4. The van der Waals surface area contributed by atoms with Gasteiger partial charge in [-0.2, -0.15) is 5.10 Å². The summed E-state index contributed by atoms with van der Waals surface area (Å²) in [4.78, 5) is 22.4. The van der Waals surface area contributed by atoms with Crippen LogP contribution in [0.1, 0.15) is 5.56 Å². The van der Waals surface area contributed by atoms with Gasteiger partial charge < -0.3 is 5.32 Å². The molecule has 1 aromatic carbocycles. The molecule has 2 rings (SSSR count). The molecule has 0 aliphatic carbocycles. The number of aromatic amines is 1. The summed E-state index contributed by atoms with van der Waals surface area (Å²) in [5, 5.41) is 11.2. The van der Waals surface area contributed by atoms with Crippen molar-refractivity contribution in [3.05, 3.63) is 56.8 Å². The summed E-state index contributed by atoms with van der Waals surface area (Å²) < 4.78 is 1.02. The Kier molecular flexibility index (Phi) is 4.89. The van der Waals surface area contributed by atoms with Crippen molar-refractivity contribution in [2.24, 2.45) is 0 Å². The molecule has 0 aliphatic heterocycles. The van der Waals surface area contributed by atoms with Gasteiger partial charge in [0.05, 0.1) is 0 Å². The van der Waals surface area contributed by atoms with Crippen LogP contribution in [0.4, 0.5) is 10.6 Å². The van der Waals surface area contributed by atoms with Crippen molar-refractivity contribution >= 4 is 27.8 Å². The highest BCUT2D eigenvalue weighted by Crippen LogP contribution is 2.15. The van der Waals surface area contributed by atoms with E-state index in [2.05, 4.69) is 36.8 Å². The van der Waals surface area contributed by atoms with Gasteiger partial charge in [0, 0.05) is 17.1 Å². The molecule has 104 valence electrons. The highest BCUT2D eigenvalue weighted by Gasteiger charge is 2.03. The molecule has 0 saturated carbocycles. The molecule has 0 atom stereocenters. The molecule has 0 aliphatic rings.